The number of benzene rings is 1. The lowest BCUT2D eigenvalue weighted by Gasteiger charge is -2.13. The van der Waals surface area contributed by atoms with Crippen LogP contribution in [-0.2, 0) is 9.59 Å². The Morgan fingerprint density at radius 3 is 2.95 bits per heavy atom. The molecule has 2 aliphatic heterocycles. The van der Waals surface area contributed by atoms with Gasteiger partial charge >= 0.3 is 5.97 Å². The van der Waals surface area contributed by atoms with Gasteiger partial charge in [0.1, 0.15) is 11.8 Å². The van der Waals surface area contributed by atoms with Crippen LogP contribution in [0, 0.1) is 0 Å². The summed E-state index contributed by atoms with van der Waals surface area (Å²) in [5, 5.41) is 11.8. The summed E-state index contributed by atoms with van der Waals surface area (Å²) in [6, 6.07) is 4.78. The first-order valence-corrected chi connectivity index (χ1v) is 6.44. The van der Waals surface area contributed by atoms with Gasteiger partial charge in [-0.05, 0) is 24.1 Å². The molecule has 1 fully saturated rings. The lowest BCUT2D eigenvalue weighted by atomic mass is 10.0. The van der Waals surface area contributed by atoms with E-state index in [4.69, 9.17) is 9.84 Å². The van der Waals surface area contributed by atoms with Crippen LogP contribution in [0.2, 0.25) is 0 Å². The predicted octanol–water partition coefficient (Wildman–Crippen LogP) is 0.400. The summed E-state index contributed by atoms with van der Waals surface area (Å²) in [5.74, 6) is -0.325. The summed E-state index contributed by atoms with van der Waals surface area (Å²) in [6.45, 7) is 0.364. The normalized spacial score (nSPS) is 25.3. The molecule has 1 aromatic rings. The van der Waals surface area contributed by atoms with Gasteiger partial charge in [0.15, 0.2) is 0 Å². The van der Waals surface area contributed by atoms with E-state index in [-0.39, 0.29) is 11.9 Å². The number of carboxylic acids is 1. The van der Waals surface area contributed by atoms with Gasteiger partial charge in [0.05, 0.1) is 18.7 Å². The molecule has 1 saturated heterocycles. The van der Waals surface area contributed by atoms with Crippen LogP contribution in [0.1, 0.15) is 24.4 Å². The van der Waals surface area contributed by atoms with Crippen LogP contribution in [-0.4, -0.2) is 29.6 Å². The number of hydrazine groups is 1. The molecule has 2 atom stereocenters. The van der Waals surface area contributed by atoms with E-state index < -0.39 is 12.0 Å². The van der Waals surface area contributed by atoms with E-state index in [0.717, 1.165) is 5.56 Å². The third kappa shape index (κ3) is 2.45. The van der Waals surface area contributed by atoms with Crippen molar-refractivity contribution in [3.8, 4) is 5.75 Å². The smallest absolute Gasteiger partial charge is 0.322 e. The first-order valence-electron chi connectivity index (χ1n) is 6.44. The van der Waals surface area contributed by atoms with Crippen LogP contribution >= 0.6 is 0 Å². The average Bonchev–Trinajstić information content (AvgIpc) is 2.83. The van der Waals surface area contributed by atoms with Crippen molar-refractivity contribution in [1.82, 2.24) is 10.9 Å². The SMILES string of the molecule is O=C1CCOc2ccc(C3CC(C(=O)O)NN3)cc2N1. The molecule has 4 N–H and O–H groups in total. The summed E-state index contributed by atoms with van der Waals surface area (Å²) in [5.41, 5.74) is 7.23. The molecule has 0 spiro atoms. The molecule has 20 heavy (non-hydrogen) atoms. The molecule has 2 unspecified atom stereocenters. The van der Waals surface area contributed by atoms with Gasteiger partial charge in [0, 0.05) is 6.04 Å². The van der Waals surface area contributed by atoms with E-state index in [1.165, 1.54) is 0 Å². The first kappa shape index (κ1) is 12.9. The summed E-state index contributed by atoms with van der Waals surface area (Å²) >= 11 is 0. The average molecular weight is 277 g/mol. The Balaban J connectivity index is 1.82. The lowest BCUT2D eigenvalue weighted by Crippen LogP contribution is -2.36. The minimum atomic E-state index is -0.883. The molecule has 1 amide bonds. The van der Waals surface area contributed by atoms with Crippen molar-refractivity contribution >= 4 is 17.6 Å². The fourth-order valence-electron chi connectivity index (χ4n) is 2.39. The second kappa shape index (κ2) is 5.10. The van der Waals surface area contributed by atoms with Crippen molar-refractivity contribution < 1.29 is 19.4 Å². The number of carbonyl (C=O) groups excluding carboxylic acids is 1. The van der Waals surface area contributed by atoms with E-state index >= 15 is 0 Å². The maximum absolute atomic E-state index is 11.5. The van der Waals surface area contributed by atoms with E-state index in [9.17, 15) is 9.59 Å². The van der Waals surface area contributed by atoms with Crippen molar-refractivity contribution in [3.05, 3.63) is 23.8 Å². The molecule has 7 nitrogen and oxygen atoms in total. The van der Waals surface area contributed by atoms with E-state index in [2.05, 4.69) is 16.2 Å². The molecule has 7 heteroatoms. The number of carboxylic acid groups (broad SMARTS) is 1. The standard InChI is InChI=1S/C13H15N3O4/c17-12-3-4-20-11-2-1-7(5-9(11)14-12)8-6-10(13(18)19)16-15-8/h1-2,5,8,10,15-16H,3-4,6H2,(H,14,17)(H,18,19). The molecule has 0 bridgehead atoms. The highest BCUT2D eigenvalue weighted by molar-refractivity contribution is 5.93. The molecule has 106 valence electrons. The monoisotopic (exact) mass is 277 g/mol. The van der Waals surface area contributed by atoms with Crippen LogP contribution in [0.5, 0.6) is 5.75 Å². The minimum absolute atomic E-state index is 0.0816. The Morgan fingerprint density at radius 2 is 2.20 bits per heavy atom. The largest absolute Gasteiger partial charge is 0.491 e. The third-order valence-corrected chi connectivity index (χ3v) is 3.47. The zero-order valence-corrected chi connectivity index (χ0v) is 10.7. The molecule has 3 rings (SSSR count). The van der Waals surface area contributed by atoms with Crippen LogP contribution < -0.4 is 20.9 Å². The molecule has 2 aliphatic rings. The molecule has 0 aliphatic carbocycles. The fourth-order valence-corrected chi connectivity index (χ4v) is 2.39. The van der Waals surface area contributed by atoms with Gasteiger partial charge in [-0.15, -0.1) is 0 Å². The van der Waals surface area contributed by atoms with Crippen molar-refractivity contribution in [2.45, 2.75) is 24.9 Å². The fraction of sp³-hybridized carbons (Fsp3) is 0.385. The Bertz CT molecular complexity index is 561. The highest BCUT2D eigenvalue weighted by atomic mass is 16.5. The third-order valence-electron chi connectivity index (χ3n) is 3.47. The van der Waals surface area contributed by atoms with Gasteiger partial charge in [0.2, 0.25) is 5.91 Å². The Hall–Kier alpha value is -2.12. The van der Waals surface area contributed by atoms with Crippen molar-refractivity contribution in [2.75, 3.05) is 11.9 Å². The number of fused-ring (bicyclic) bond motifs is 1. The molecule has 2 heterocycles. The molecule has 1 aromatic carbocycles. The van der Waals surface area contributed by atoms with Crippen LogP contribution in [0.25, 0.3) is 0 Å². The van der Waals surface area contributed by atoms with E-state index in [1.807, 2.05) is 12.1 Å². The summed E-state index contributed by atoms with van der Waals surface area (Å²) in [6.07, 6.45) is 0.775. The quantitative estimate of drug-likeness (QED) is 0.624. The van der Waals surface area contributed by atoms with Crippen molar-refractivity contribution in [2.24, 2.45) is 0 Å². The minimum Gasteiger partial charge on any atom is -0.491 e. The Kier molecular flexibility index (Phi) is 3.29. The summed E-state index contributed by atoms with van der Waals surface area (Å²) in [7, 11) is 0. The first-order chi connectivity index (χ1) is 9.63. The topological polar surface area (TPSA) is 99.7 Å². The number of ether oxygens (including phenoxy) is 1. The van der Waals surface area contributed by atoms with Gasteiger partial charge in [-0.3, -0.25) is 9.59 Å². The molecule has 0 aromatic heterocycles. The number of carbonyl (C=O) groups is 2. The summed E-state index contributed by atoms with van der Waals surface area (Å²) in [4.78, 5) is 22.4. The molecular weight excluding hydrogens is 262 g/mol. The van der Waals surface area contributed by atoms with E-state index in [0.29, 0.717) is 30.9 Å². The van der Waals surface area contributed by atoms with Crippen molar-refractivity contribution in [1.29, 1.82) is 0 Å². The number of rotatable bonds is 2. The van der Waals surface area contributed by atoms with Gasteiger partial charge in [0.25, 0.3) is 0 Å². The zero-order valence-electron chi connectivity index (χ0n) is 10.7. The maximum atomic E-state index is 11.5. The van der Waals surface area contributed by atoms with E-state index in [1.54, 1.807) is 6.07 Å². The highest BCUT2D eigenvalue weighted by Crippen LogP contribution is 2.32. The molecular formula is C13H15N3O4. The van der Waals surface area contributed by atoms with Gasteiger partial charge in [-0.25, -0.2) is 10.9 Å². The number of amides is 1. The van der Waals surface area contributed by atoms with Gasteiger partial charge in [-0.2, -0.15) is 0 Å². The second-order valence-electron chi connectivity index (χ2n) is 4.87. The van der Waals surface area contributed by atoms with Crippen molar-refractivity contribution in [3.63, 3.8) is 0 Å². The van der Waals surface area contributed by atoms with Crippen LogP contribution in [0.15, 0.2) is 18.2 Å². The maximum Gasteiger partial charge on any atom is 0.322 e. The second-order valence-corrected chi connectivity index (χ2v) is 4.87. The molecule has 0 radical (unpaired) electrons. The Morgan fingerprint density at radius 1 is 1.35 bits per heavy atom. The summed E-state index contributed by atoms with van der Waals surface area (Å²) < 4.78 is 5.48. The molecule has 0 saturated carbocycles. The van der Waals surface area contributed by atoms with Gasteiger partial charge < -0.3 is 15.2 Å². The number of anilines is 1. The highest BCUT2D eigenvalue weighted by Gasteiger charge is 2.30. The number of nitrogens with one attached hydrogen (secondary N) is 3. The zero-order chi connectivity index (χ0) is 14.1. The number of aliphatic carboxylic acids is 1. The van der Waals surface area contributed by atoms with Crippen LogP contribution in [0.4, 0.5) is 5.69 Å². The van der Waals surface area contributed by atoms with Gasteiger partial charge in [-0.1, -0.05) is 6.07 Å². The van der Waals surface area contributed by atoms with Crippen LogP contribution in [0.3, 0.4) is 0 Å². The Labute approximate surface area is 115 Å². The number of hydrogen-bond acceptors (Lipinski definition) is 5. The number of hydrogen-bond donors (Lipinski definition) is 4. The predicted molar refractivity (Wildman–Crippen MR) is 70.2 cm³/mol. The lowest BCUT2D eigenvalue weighted by molar-refractivity contribution is -0.139.